The lowest BCUT2D eigenvalue weighted by Gasteiger charge is -2.36. The summed E-state index contributed by atoms with van der Waals surface area (Å²) in [5.41, 5.74) is 5.27. The van der Waals surface area contributed by atoms with Crippen LogP contribution in [0.2, 0.25) is 0 Å². The molecule has 1 fully saturated rings. The number of carbonyl (C=O) groups is 1. The molecule has 0 heterocycles. The molecule has 0 spiro atoms. The third kappa shape index (κ3) is 4.45. The van der Waals surface area contributed by atoms with Crippen molar-refractivity contribution < 1.29 is 4.79 Å². The zero-order chi connectivity index (χ0) is 15.2. The minimum Gasteiger partial charge on any atom is -0.368 e. The molecule has 0 aromatic rings. The van der Waals surface area contributed by atoms with Gasteiger partial charge in [0.05, 0.1) is 0 Å². The van der Waals surface area contributed by atoms with Gasteiger partial charge >= 0.3 is 0 Å². The summed E-state index contributed by atoms with van der Waals surface area (Å²) < 4.78 is 0. The average Bonchev–Trinajstić information content (AvgIpc) is 2.77. The fourth-order valence-electron chi connectivity index (χ4n) is 3.49. The molecular formula is C16H33N3O. The molecule has 20 heavy (non-hydrogen) atoms. The van der Waals surface area contributed by atoms with Gasteiger partial charge in [-0.1, -0.05) is 19.8 Å². The highest BCUT2D eigenvalue weighted by atomic mass is 16.1. The van der Waals surface area contributed by atoms with Crippen molar-refractivity contribution in [2.45, 2.75) is 70.9 Å². The van der Waals surface area contributed by atoms with E-state index in [2.05, 4.69) is 38.0 Å². The van der Waals surface area contributed by atoms with Crippen LogP contribution < -0.4 is 11.1 Å². The van der Waals surface area contributed by atoms with Gasteiger partial charge in [0.25, 0.3) is 0 Å². The summed E-state index contributed by atoms with van der Waals surface area (Å²) in [5.74, 6) is 0.219. The van der Waals surface area contributed by atoms with Gasteiger partial charge < -0.3 is 16.0 Å². The Kier molecular flexibility index (Phi) is 6.96. The van der Waals surface area contributed by atoms with Crippen molar-refractivity contribution in [3.05, 3.63) is 0 Å². The van der Waals surface area contributed by atoms with Gasteiger partial charge in [0.2, 0.25) is 5.91 Å². The first-order valence-electron chi connectivity index (χ1n) is 8.18. The lowest BCUT2D eigenvalue weighted by atomic mass is 9.83. The minimum atomic E-state index is -0.472. The number of primary amides is 1. The monoisotopic (exact) mass is 283 g/mol. The maximum absolute atomic E-state index is 12.0. The van der Waals surface area contributed by atoms with Crippen LogP contribution in [-0.2, 0) is 4.79 Å². The quantitative estimate of drug-likeness (QED) is 0.681. The Hall–Kier alpha value is -0.610. The van der Waals surface area contributed by atoms with E-state index in [4.69, 9.17) is 5.73 Å². The third-order valence-corrected chi connectivity index (χ3v) is 4.56. The molecule has 1 saturated carbocycles. The highest BCUT2D eigenvalue weighted by molar-refractivity contribution is 5.85. The first kappa shape index (κ1) is 17.4. The molecule has 1 aliphatic rings. The van der Waals surface area contributed by atoms with Gasteiger partial charge in [-0.25, -0.2) is 0 Å². The molecular weight excluding hydrogens is 250 g/mol. The second-order valence-electron chi connectivity index (χ2n) is 6.67. The van der Waals surface area contributed by atoms with Crippen molar-refractivity contribution in [3.8, 4) is 0 Å². The summed E-state index contributed by atoms with van der Waals surface area (Å²) in [6.45, 7) is 8.60. The summed E-state index contributed by atoms with van der Waals surface area (Å²) in [7, 11) is 2.17. The van der Waals surface area contributed by atoms with Crippen LogP contribution in [0.1, 0.15) is 59.3 Å². The van der Waals surface area contributed by atoms with Gasteiger partial charge in [-0.3, -0.25) is 4.79 Å². The first-order chi connectivity index (χ1) is 9.42. The molecule has 1 aliphatic carbocycles. The fourth-order valence-corrected chi connectivity index (χ4v) is 3.49. The molecule has 118 valence electrons. The van der Waals surface area contributed by atoms with Gasteiger partial charge in [-0.05, 0) is 65.6 Å². The first-order valence-corrected chi connectivity index (χ1v) is 8.18. The van der Waals surface area contributed by atoms with E-state index in [9.17, 15) is 4.79 Å². The normalized spacial score (nSPS) is 26.6. The number of nitrogens with zero attached hydrogens (tertiary/aromatic N) is 1. The highest BCUT2D eigenvalue weighted by Gasteiger charge is 2.47. The molecule has 4 nitrogen and oxygen atoms in total. The topological polar surface area (TPSA) is 58.4 Å². The molecule has 0 aromatic heterocycles. The smallest absolute Gasteiger partial charge is 0.238 e. The molecule has 2 unspecified atom stereocenters. The number of rotatable bonds is 9. The predicted molar refractivity (Wildman–Crippen MR) is 84.6 cm³/mol. The summed E-state index contributed by atoms with van der Waals surface area (Å²) in [6, 6.07) is 0.293. The van der Waals surface area contributed by atoms with E-state index in [1.165, 1.54) is 12.8 Å². The van der Waals surface area contributed by atoms with Crippen molar-refractivity contribution in [2.24, 2.45) is 11.7 Å². The van der Waals surface area contributed by atoms with E-state index in [1.807, 2.05) is 0 Å². The Bertz CT molecular complexity index is 306. The van der Waals surface area contributed by atoms with Gasteiger partial charge in [0.1, 0.15) is 5.54 Å². The summed E-state index contributed by atoms with van der Waals surface area (Å²) >= 11 is 0. The second-order valence-corrected chi connectivity index (χ2v) is 6.67. The maximum atomic E-state index is 12.0. The summed E-state index contributed by atoms with van der Waals surface area (Å²) in [5, 5.41) is 3.48. The number of nitrogens with two attached hydrogens (primary N) is 1. The van der Waals surface area contributed by atoms with E-state index < -0.39 is 5.54 Å². The largest absolute Gasteiger partial charge is 0.368 e. The van der Waals surface area contributed by atoms with Crippen LogP contribution in [0, 0.1) is 5.92 Å². The highest BCUT2D eigenvalue weighted by Crippen LogP contribution is 2.38. The Morgan fingerprint density at radius 2 is 2.15 bits per heavy atom. The number of hydrogen-bond acceptors (Lipinski definition) is 3. The summed E-state index contributed by atoms with van der Waals surface area (Å²) in [4.78, 5) is 14.4. The van der Waals surface area contributed by atoms with Crippen molar-refractivity contribution in [1.82, 2.24) is 10.2 Å². The van der Waals surface area contributed by atoms with Crippen molar-refractivity contribution in [3.63, 3.8) is 0 Å². The molecule has 0 saturated heterocycles. The molecule has 0 radical (unpaired) electrons. The average molecular weight is 283 g/mol. The number of nitrogens with one attached hydrogen (secondary N) is 1. The number of unbranched alkanes of at least 4 members (excludes halogenated alkanes) is 1. The maximum Gasteiger partial charge on any atom is 0.238 e. The molecule has 1 amide bonds. The molecule has 0 aromatic carbocycles. The molecule has 1 rings (SSSR count). The lowest BCUT2D eigenvalue weighted by molar-refractivity contribution is -0.126. The second kappa shape index (κ2) is 7.99. The summed E-state index contributed by atoms with van der Waals surface area (Å²) in [6.07, 6.45) is 6.64. The zero-order valence-corrected chi connectivity index (χ0v) is 13.7. The van der Waals surface area contributed by atoms with Gasteiger partial charge in [0.15, 0.2) is 0 Å². The zero-order valence-electron chi connectivity index (χ0n) is 13.7. The molecule has 4 heteroatoms. The number of carbonyl (C=O) groups excluding carboxylic acids is 1. The number of amides is 1. The van der Waals surface area contributed by atoms with Crippen molar-refractivity contribution in [2.75, 3.05) is 20.1 Å². The molecule has 0 bridgehead atoms. The lowest BCUT2D eigenvalue weighted by Crippen LogP contribution is -2.60. The van der Waals surface area contributed by atoms with Gasteiger partial charge in [-0.15, -0.1) is 0 Å². The van der Waals surface area contributed by atoms with E-state index in [1.54, 1.807) is 0 Å². The van der Waals surface area contributed by atoms with Gasteiger partial charge in [0, 0.05) is 6.04 Å². The number of hydrogen-bond donors (Lipinski definition) is 2. The van der Waals surface area contributed by atoms with Crippen LogP contribution in [0.4, 0.5) is 0 Å². The van der Waals surface area contributed by atoms with Crippen LogP contribution in [0.5, 0.6) is 0 Å². The Morgan fingerprint density at radius 1 is 1.45 bits per heavy atom. The Balaban J connectivity index is 2.59. The van der Waals surface area contributed by atoms with E-state index >= 15 is 0 Å². The predicted octanol–water partition coefficient (Wildman–Crippen LogP) is 2.13. The standard InChI is InChI=1S/C16H33N3O/c1-5-6-11-19(4)12-9-14-8-7-10-16(14,15(17)20)18-13(2)3/h13-14,18H,5-12H2,1-4H3,(H2,17,20). The van der Waals surface area contributed by atoms with E-state index in [-0.39, 0.29) is 5.91 Å². The van der Waals surface area contributed by atoms with Gasteiger partial charge in [-0.2, -0.15) is 0 Å². The van der Waals surface area contributed by atoms with Crippen LogP contribution in [-0.4, -0.2) is 42.5 Å². The Labute approximate surface area is 124 Å². The van der Waals surface area contributed by atoms with Crippen LogP contribution >= 0.6 is 0 Å². The molecule has 3 N–H and O–H groups in total. The fraction of sp³-hybridized carbons (Fsp3) is 0.938. The van der Waals surface area contributed by atoms with Crippen molar-refractivity contribution in [1.29, 1.82) is 0 Å². The minimum absolute atomic E-state index is 0.162. The SMILES string of the molecule is CCCCN(C)CCC1CCCC1(NC(C)C)C(N)=O. The van der Waals surface area contributed by atoms with E-state index in [0.717, 1.165) is 38.8 Å². The third-order valence-electron chi connectivity index (χ3n) is 4.56. The van der Waals surface area contributed by atoms with Crippen molar-refractivity contribution >= 4 is 5.91 Å². The molecule has 0 aliphatic heterocycles. The van der Waals surface area contributed by atoms with Crippen LogP contribution in [0.15, 0.2) is 0 Å². The van der Waals surface area contributed by atoms with Crippen LogP contribution in [0.3, 0.4) is 0 Å². The molecule has 2 atom stereocenters. The van der Waals surface area contributed by atoms with Crippen LogP contribution in [0.25, 0.3) is 0 Å². The Morgan fingerprint density at radius 3 is 2.70 bits per heavy atom. The van der Waals surface area contributed by atoms with E-state index in [0.29, 0.717) is 12.0 Å².